The van der Waals surface area contributed by atoms with E-state index in [1.54, 1.807) is 6.07 Å². The van der Waals surface area contributed by atoms with Gasteiger partial charge in [0.2, 0.25) is 0 Å². The molecule has 0 bridgehead atoms. The number of aromatic carboxylic acids is 1. The van der Waals surface area contributed by atoms with Crippen LogP contribution in [0.25, 0.3) is 0 Å². The monoisotopic (exact) mass is 375 g/mol. The zero-order valence-electron chi connectivity index (χ0n) is 14.5. The molecule has 1 aliphatic rings. The zero-order chi connectivity index (χ0) is 18.6. The molecule has 0 aliphatic carbocycles. The van der Waals surface area contributed by atoms with Crippen LogP contribution in [-0.4, -0.2) is 36.7 Å². The summed E-state index contributed by atoms with van der Waals surface area (Å²) in [5, 5.41) is 12.1. The molecule has 0 saturated carbocycles. The number of benzene rings is 1. The molecule has 7 heteroatoms. The third-order valence-electron chi connectivity index (χ3n) is 4.44. The minimum Gasteiger partial charge on any atom is -0.478 e. The molecule has 1 aromatic heterocycles. The number of carboxylic acids is 1. The molecule has 0 radical (unpaired) electrons. The van der Waals surface area contributed by atoms with Crippen molar-refractivity contribution in [3.05, 3.63) is 53.5 Å². The Bertz CT molecular complexity index is 795. The van der Waals surface area contributed by atoms with E-state index in [2.05, 4.69) is 12.2 Å². The molecule has 2 heterocycles. The molecule has 1 aromatic carbocycles. The summed E-state index contributed by atoms with van der Waals surface area (Å²) in [5.41, 5.74) is 0.694. The van der Waals surface area contributed by atoms with Gasteiger partial charge in [-0.05, 0) is 24.6 Å². The van der Waals surface area contributed by atoms with Crippen molar-refractivity contribution < 1.29 is 23.8 Å². The number of rotatable bonds is 7. The summed E-state index contributed by atoms with van der Waals surface area (Å²) in [7, 11) is 0. The fourth-order valence-corrected chi connectivity index (χ4v) is 3.81. The number of nitrogens with one attached hydrogen (secondary N) is 1. The molecule has 1 atom stereocenters. The first-order chi connectivity index (χ1) is 12.5. The average molecular weight is 375 g/mol. The largest absolute Gasteiger partial charge is 0.478 e. The third-order valence-corrected chi connectivity index (χ3v) is 5.52. The Hall–Kier alpha value is -2.25. The van der Waals surface area contributed by atoms with Crippen LogP contribution in [0.3, 0.4) is 0 Å². The van der Waals surface area contributed by atoms with Gasteiger partial charge in [-0.3, -0.25) is 4.79 Å². The van der Waals surface area contributed by atoms with E-state index in [4.69, 9.17) is 14.3 Å². The van der Waals surface area contributed by atoms with Gasteiger partial charge in [0, 0.05) is 23.5 Å². The van der Waals surface area contributed by atoms with Gasteiger partial charge in [-0.25, -0.2) is 4.79 Å². The Morgan fingerprint density at radius 2 is 2.08 bits per heavy atom. The lowest BCUT2D eigenvalue weighted by Crippen LogP contribution is -2.36. The molecular weight excluding hydrogens is 354 g/mol. The van der Waals surface area contributed by atoms with Crippen molar-refractivity contribution in [3.63, 3.8) is 0 Å². The van der Waals surface area contributed by atoms with E-state index >= 15 is 0 Å². The predicted molar refractivity (Wildman–Crippen MR) is 97.5 cm³/mol. The maximum Gasteiger partial charge on any atom is 0.339 e. The summed E-state index contributed by atoms with van der Waals surface area (Å²) in [6.45, 7) is 4.05. The quantitative estimate of drug-likeness (QED) is 0.721. The molecule has 3 rings (SSSR count). The fourth-order valence-electron chi connectivity index (χ4n) is 2.80. The highest BCUT2D eigenvalue weighted by Gasteiger charge is 2.30. The smallest absolute Gasteiger partial charge is 0.339 e. The molecule has 2 aromatic rings. The number of amides is 1. The Kier molecular flexibility index (Phi) is 5.68. The molecular formula is C19H21NO5S. The topological polar surface area (TPSA) is 88.8 Å². The van der Waals surface area contributed by atoms with Crippen molar-refractivity contribution in [1.29, 1.82) is 0 Å². The number of carbonyl (C=O) groups excluding carboxylic acids is 1. The van der Waals surface area contributed by atoms with E-state index in [1.807, 2.05) is 18.2 Å². The van der Waals surface area contributed by atoms with Crippen molar-refractivity contribution in [1.82, 2.24) is 5.32 Å². The number of ether oxygens (including phenoxy) is 1. The third kappa shape index (κ3) is 4.28. The van der Waals surface area contributed by atoms with Crippen molar-refractivity contribution in [3.8, 4) is 0 Å². The zero-order valence-corrected chi connectivity index (χ0v) is 15.3. The van der Waals surface area contributed by atoms with Crippen LogP contribution >= 0.6 is 11.8 Å². The number of furan rings is 1. The Labute approximate surface area is 155 Å². The normalized spacial score (nSPS) is 19.4. The molecule has 138 valence electrons. The second-order valence-corrected chi connectivity index (χ2v) is 7.66. The van der Waals surface area contributed by atoms with E-state index in [0.717, 1.165) is 17.9 Å². The van der Waals surface area contributed by atoms with Gasteiger partial charge in [-0.2, -0.15) is 0 Å². The molecule has 26 heavy (non-hydrogen) atoms. The highest BCUT2D eigenvalue weighted by Crippen LogP contribution is 2.29. The number of thioether (sulfide) groups is 1. The Morgan fingerprint density at radius 3 is 2.81 bits per heavy atom. The van der Waals surface area contributed by atoms with Crippen LogP contribution in [0.1, 0.15) is 39.8 Å². The van der Waals surface area contributed by atoms with Crippen LogP contribution in [-0.2, 0) is 10.5 Å². The standard InChI is InChI=1S/C19H21NO5S/c1-19(7-9-24-12-19)11-20-17(21)14-4-2-3-5-16(14)26-10-15-13(18(22)23)6-8-25-15/h2-6,8H,7,9-12H2,1H3,(H,20,21)(H,22,23). The predicted octanol–water partition coefficient (Wildman–Crippen LogP) is 3.43. The van der Waals surface area contributed by atoms with Gasteiger partial charge in [-0.1, -0.05) is 19.1 Å². The van der Waals surface area contributed by atoms with Crippen LogP contribution in [0.2, 0.25) is 0 Å². The number of hydrogen-bond donors (Lipinski definition) is 2. The first-order valence-electron chi connectivity index (χ1n) is 8.36. The highest BCUT2D eigenvalue weighted by molar-refractivity contribution is 7.98. The van der Waals surface area contributed by atoms with E-state index in [9.17, 15) is 9.59 Å². The summed E-state index contributed by atoms with van der Waals surface area (Å²) >= 11 is 1.38. The molecule has 0 spiro atoms. The second kappa shape index (κ2) is 7.97. The maximum absolute atomic E-state index is 12.6. The van der Waals surface area contributed by atoms with Crippen LogP contribution in [0, 0.1) is 5.41 Å². The van der Waals surface area contributed by atoms with Crippen LogP contribution < -0.4 is 5.32 Å². The summed E-state index contributed by atoms with van der Waals surface area (Å²) < 4.78 is 10.7. The molecule has 1 amide bonds. The van der Waals surface area contributed by atoms with E-state index in [0.29, 0.717) is 30.2 Å². The first kappa shape index (κ1) is 18.5. The number of hydrogen-bond acceptors (Lipinski definition) is 5. The van der Waals surface area contributed by atoms with Gasteiger partial charge < -0.3 is 19.6 Å². The molecule has 1 aliphatic heterocycles. The van der Waals surface area contributed by atoms with Crippen LogP contribution in [0.4, 0.5) is 0 Å². The summed E-state index contributed by atoms with van der Waals surface area (Å²) in [6, 6.07) is 8.72. The first-order valence-corrected chi connectivity index (χ1v) is 9.34. The Morgan fingerprint density at radius 1 is 1.27 bits per heavy atom. The average Bonchev–Trinajstić information content (AvgIpc) is 3.27. The SMILES string of the molecule is CC1(CNC(=O)c2ccccc2SCc2occc2C(=O)O)CCOC1. The van der Waals surface area contributed by atoms with E-state index < -0.39 is 5.97 Å². The minimum absolute atomic E-state index is 0.0255. The van der Waals surface area contributed by atoms with Crippen LogP contribution in [0.15, 0.2) is 45.9 Å². The molecule has 1 fully saturated rings. The van der Waals surface area contributed by atoms with E-state index in [1.165, 1.54) is 24.1 Å². The fraction of sp³-hybridized carbons (Fsp3) is 0.368. The van der Waals surface area contributed by atoms with Crippen molar-refractivity contribution in [2.45, 2.75) is 24.0 Å². The van der Waals surface area contributed by atoms with Crippen LogP contribution in [0.5, 0.6) is 0 Å². The minimum atomic E-state index is -1.02. The van der Waals surface area contributed by atoms with Gasteiger partial charge in [-0.15, -0.1) is 11.8 Å². The van der Waals surface area contributed by atoms with Gasteiger partial charge in [0.05, 0.1) is 24.2 Å². The Balaban J connectivity index is 1.66. The lowest BCUT2D eigenvalue weighted by molar-refractivity contribution is 0.0694. The number of carboxylic acid groups (broad SMARTS) is 1. The second-order valence-electron chi connectivity index (χ2n) is 6.64. The molecule has 1 saturated heterocycles. The lowest BCUT2D eigenvalue weighted by Gasteiger charge is -2.22. The lowest BCUT2D eigenvalue weighted by atomic mass is 9.90. The maximum atomic E-state index is 12.6. The van der Waals surface area contributed by atoms with Gasteiger partial charge in [0.1, 0.15) is 11.3 Å². The summed E-state index contributed by atoms with van der Waals surface area (Å²) in [5.74, 6) is -0.440. The molecule has 2 N–H and O–H groups in total. The molecule has 1 unspecified atom stereocenters. The summed E-state index contributed by atoms with van der Waals surface area (Å²) in [6.07, 6.45) is 2.29. The highest BCUT2D eigenvalue weighted by atomic mass is 32.2. The van der Waals surface area contributed by atoms with Crippen molar-refractivity contribution in [2.75, 3.05) is 19.8 Å². The van der Waals surface area contributed by atoms with Gasteiger partial charge >= 0.3 is 5.97 Å². The van der Waals surface area contributed by atoms with Gasteiger partial charge in [0.15, 0.2) is 0 Å². The summed E-state index contributed by atoms with van der Waals surface area (Å²) in [4.78, 5) is 24.6. The van der Waals surface area contributed by atoms with Crippen molar-refractivity contribution in [2.24, 2.45) is 5.41 Å². The van der Waals surface area contributed by atoms with E-state index in [-0.39, 0.29) is 16.9 Å². The number of carbonyl (C=O) groups is 2. The van der Waals surface area contributed by atoms with Crippen molar-refractivity contribution >= 4 is 23.6 Å². The van der Waals surface area contributed by atoms with Gasteiger partial charge in [0.25, 0.3) is 5.91 Å². The molecule has 6 nitrogen and oxygen atoms in total.